The SMILES string of the molecule is CCCc1ccc(NC(=O)c2ccn(Sc3ccc4[nH]ccc4c3)c2)cc1. The van der Waals surface area contributed by atoms with Crippen LogP contribution in [-0.4, -0.2) is 14.9 Å². The molecule has 136 valence electrons. The first-order valence-corrected chi connectivity index (χ1v) is 9.82. The molecule has 0 spiro atoms. The summed E-state index contributed by atoms with van der Waals surface area (Å²) in [6.45, 7) is 2.16. The van der Waals surface area contributed by atoms with Gasteiger partial charge in [0.05, 0.1) is 5.56 Å². The summed E-state index contributed by atoms with van der Waals surface area (Å²) in [5, 5.41) is 4.14. The number of amides is 1. The number of anilines is 1. The van der Waals surface area contributed by atoms with Gasteiger partial charge in [0.25, 0.3) is 5.91 Å². The van der Waals surface area contributed by atoms with Crippen LogP contribution in [0.1, 0.15) is 29.3 Å². The lowest BCUT2D eigenvalue weighted by atomic mass is 10.1. The van der Waals surface area contributed by atoms with E-state index in [1.807, 2.05) is 40.8 Å². The van der Waals surface area contributed by atoms with Crippen molar-refractivity contribution in [2.75, 3.05) is 5.32 Å². The number of hydrogen-bond acceptors (Lipinski definition) is 2. The van der Waals surface area contributed by atoms with Gasteiger partial charge >= 0.3 is 0 Å². The summed E-state index contributed by atoms with van der Waals surface area (Å²) in [5.41, 5.74) is 3.87. The Morgan fingerprint density at radius 3 is 2.78 bits per heavy atom. The smallest absolute Gasteiger partial charge is 0.257 e. The second-order valence-corrected chi connectivity index (χ2v) is 7.55. The van der Waals surface area contributed by atoms with Gasteiger partial charge in [0, 0.05) is 40.1 Å². The molecule has 2 N–H and O–H groups in total. The fourth-order valence-corrected chi connectivity index (χ4v) is 3.86. The summed E-state index contributed by atoms with van der Waals surface area (Å²) in [7, 11) is 0. The Bertz CT molecular complexity index is 1060. The molecular formula is C22H21N3OS. The Morgan fingerprint density at radius 2 is 1.96 bits per heavy atom. The second-order valence-electron chi connectivity index (χ2n) is 6.48. The third-order valence-electron chi connectivity index (χ3n) is 4.42. The molecule has 0 saturated carbocycles. The van der Waals surface area contributed by atoms with Gasteiger partial charge in [-0.05, 0) is 66.4 Å². The first kappa shape index (κ1) is 17.5. The summed E-state index contributed by atoms with van der Waals surface area (Å²) in [4.78, 5) is 16.8. The van der Waals surface area contributed by atoms with E-state index in [-0.39, 0.29) is 5.91 Å². The fourth-order valence-electron chi connectivity index (χ4n) is 3.02. The molecule has 2 aromatic carbocycles. The van der Waals surface area contributed by atoms with Crippen LogP contribution < -0.4 is 5.32 Å². The van der Waals surface area contributed by atoms with Gasteiger partial charge < -0.3 is 10.3 Å². The van der Waals surface area contributed by atoms with Gasteiger partial charge in [-0.25, -0.2) is 0 Å². The molecule has 5 heteroatoms. The molecule has 2 aromatic heterocycles. The van der Waals surface area contributed by atoms with E-state index in [1.54, 1.807) is 11.9 Å². The summed E-state index contributed by atoms with van der Waals surface area (Å²) >= 11 is 1.58. The number of hydrogen-bond donors (Lipinski definition) is 2. The summed E-state index contributed by atoms with van der Waals surface area (Å²) in [6.07, 6.45) is 7.88. The Balaban J connectivity index is 1.42. The number of nitrogens with one attached hydrogen (secondary N) is 2. The molecule has 4 aromatic rings. The zero-order chi connectivity index (χ0) is 18.6. The molecule has 27 heavy (non-hydrogen) atoms. The van der Waals surface area contributed by atoms with Gasteiger partial charge in [0.1, 0.15) is 0 Å². The minimum atomic E-state index is -0.0984. The van der Waals surface area contributed by atoms with Gasteiger partial charge in [-0.2, -0.15) is 0 Å². The van der Waals surface area contributed by atoms with Crippen LogP contribution in [-0.2, 0) is 6.42 Å². The van der Waals surface area contributed by atoms with Gasteiger partial charge in [-0.15, -0.1) is 0 Å². The zero-order valence-corrected chi connectivity index (χ0v) is 15.9. The lowest BCUT2D eigenvalue weighted by molar-refractivity contribution is 0.102. The standard InChI is InChI=1S/C22H21N3OS/c1-2-3-16-4-6-19(7-5-16)24-22(26)18-11-13-25(15-18)27-20-8-9-21-17(14-20)10-12-23-21/h4-15,23H,2-3H2,1H3,(H,24,26). The van der Waals surface area contributed by atoms with Crippen molar-refractivity contribution in [3.05, 3.63) is 84.3 Å². The molecule has 4 rings (SSSR count). The van der Waals surface area contributed by atoms with Gasteiger partial charge in [-0.3, -0.25) is 8.77 Å². The second kappa shape index (κ2) is 7.76. The number of aryl methyl sites for hydroxylation is 1. The first-order chi connectivity index (χ1) is 13.2. The maximum absolute atomic E-state index is 12.5. The number of benzene rings is 2. The van der Waals surface area contributed by atoms with Crippen molar-refractivity contribution < 1.29 is 4.79 Å². The van der Waals surface area contributed by atoms with Crippen LogP contribution in [0.4, 0.5) is 5.69 Å². The Hall–Kier alpha value is -2.92. The van der Waals surface area contributed by atoms with Gasteiger partial charge in [0.15, 0.2) is 0 Å². The van der Waals surface area contributed by atoms with Crippen LogP contribution in [0.25, 0.3) is 10.9 Å². The van der Waals surface area contributed by atoms with E-state index >= 15 is 0 Å². The number of carbonyl (C=O) groups is 1. The van der Waals surface area contributed by atoms with E-state index in [0.29, 0.717) is 5.56 Å². The van der Waals surface area contributed by atoms with Crippen molar-refractivity contribution in [3.8, 4) is 0 Å². The van der Waals surface area contributed by atoms with Crippen LogP contribution in [0, 0.1) is 0 Å². The molecule has 0 aliphatic heterocycles. The van der Waals surface area contributed by atoms with Crippen LogP contribution >= 0.6 is 11.9 Å². The third-order valence-corrected chi connectivity index (χ3v) is 5.32. The molecule has 0 bridgehead atoms. The predicted molar refractivity (Wildman–Crippen MR) is 112 cm³/mol. The minimum absolute atomic E-state index is 0.0984. The quantitative estimate of drug-likeness (QED) is 0.452. The van der Waals surface area contributed by atoms with Crippen molar-refractivity contribution in [1.82, 2.24) is 8.96 Å². The number of nitrogens with zero attached hydrogens (tertiary/aromatic N) is 1. The maximum Gasteiger partial charge on any atom is 0.257 e. The van der Waals surface area contributed by atoms with E-state index in [4.69, 9.17) is 0 Å². The third kappa shape index (κ3) is 4.09. The lowest BCUT2D eigenvalue weighted by Gasteiger charge is -2.05. The zero-order valence-electron chi connectivity index (χ0n) is 15.1. The first-order valence-electron chi connectivity index (χ1n) is 9.05. The Kier molecular flexibility index (Phi) is 5.03. The van der Waals surface area contributed by atoms with Crippen LogP contribution in [0.15, 0.2) is 78.1 Å². The average molecular weight is 375 g/mol. The molecule has 0 atom stereocenters. The van der Waals surface area contributed by atoms with Crippen molar-refractivity contribution in [2.24, 2.45) is 0 Å². The minimum Gasteiger partial charge on any atom is -0.361 e. The largest absolute Gasteiger partial charge is 0.361 e. The normalized spacial score (nSPS) is 11.0. The molecule has 0 aliphatic rings. The highest BCUT2D eigenvalue weighted by Crippen LogP contribution is 2.25. The highest BCUT2D eigenvalue weighted by Gasteiger charge is 2.09. The summed E-state index contributed by atoms with van der Waals surface area (Å²) in [5.74, 6) is -0.0984. The predicted octanol–water partition coefficient (Wildman–Crippen LogP) is 5.73. The van der Waals surface area contributed by atoms with E-state index < -0.39 is 0 Å². The molecule has 4 nitrogen and oxygen atoms in total. The summed E-state index contributed by atoms with van der Waals surface area (Å²) < 4.78 is 1.95. The van der Waals surface area contributed by atoms with Gasteiger partial charge in [0.2, 0.25) is 0 Å². The topological polar surface area (TPSA) is 49.8 Å². The molecule has 0 aliphatic carbocycles. The van der Waals surface area contributed by atoms with E-state index in [2.05, 4.69) is 53.6 Å². The Morgan fingerprint density at radius 1 is 1.11 bits per heavy atom. The number of aromatic amines is 1. The molecule has 0 saturated heterocycles. The highest BCUT2D eigenvalue weighted by molar-refractivity contribution is 7.97. The van der Waals surface area contributed by atoms with Crippen LogP contribution in [0.3, 0.4) is 0 Å². The number of H-pyrrole nitrogens is 1. The van der Waals surface area contributed by atoms with Crippen molar-refractivity contribution in [2.45, 2.75) is 24.7 Å². The fraction of sp³-hybridized carbons (Fsp3) is 0.136. The number of fused-ring (bicyclic) bond motifs is 1. The van der Waals surface area contributed by atoms with Crippen LogP contribution in [0.2, 0.25) is 0 Å². The monoisotopic (exact) mass is 375 g/mol. The average Bonchev–Trinajstić information content (AvgIpc) is 3.32. The number of rotatable bonds is 6. The molecule has 2 heterocycles. The van der Waals surface area contributed by atoms with Crippen LogP contribution in [0.5, 0.6) is 0 Å². The Labute approximate surface area is 162 Å². The lowest BCUT2D eigenvalue weighted by Crippen LogP contribution is -2.10. The van der Waals surface area contributed by atoms with Crippen molar-refractivity contribution >= 4 is 34.4 Å². The maximum atomic E-state index is 12.5. The molecule has 1 amide bonds. The van der Waals surface area contributed by atoms with Gasteiger partial charge in [-0.1, -0.05) is 25.5 Å². The van der Waals surface area contributed by atoms with E-state index in [9.17, 15) is 4.79 Å². The highest BCUT2D eigenvalue weighted by atomic mass is 32.2. The van der Waals surface area contributed by atoms with E-state index in [0.717, 1.165) is 28.9 Å². The number of aromatic nitrogens is 2. The number of carbonyl (C=O) groups excluding carboxylic acids is 1. The molecule has 0 radical (unpaired) electrons. The molecular weight excluding hydrogens is 354 g/mol. The van der Waals surface area contributed by atoms with Crippen molar-refractivity contribution in [1.29, 1.82) is 0 Å². The molecule has 0 unspecified atom stereocenters. The summed E-state index contributed by atoms with van der Waals surface area (Å²) in [6, 6.07) is 18.2. The molecule has 0 fully saturated rings. The van der Waals surface area contributed by atoms with Crippen molar-refractivity contribution in [3.63, 3.8) is 0 Å². The van der Waals surface area contributed by atoms with E-state index in [1.165, 1.54) is 10.9 Å².